The van der Waals surface area contributed by atoms with Gasteiger partial charge in [-0.3, -0.25) is 10.1 Å². The number of aliphatic carboxylic acids is 1. The van der Waals surface area contributed by atoms with Crippen LogP contribution in [0.2, 0.25) is 0 Å². The molecule has 7 nitrogen and oxygen atoms in total. The lowest BCUT2D eigenvalue weighted by atomic mass is 9.89. The summed E-state index contributed by atoms with van der Waals surface area (Å²) in [6, 6.07) is 2.06. The summed E-state index contributed by atoms with van der Waals surface area (Å²) < 4.78 is 18.6. The minimum absolute atomic E-state index is 0.00296. The molecule has 0 radical (unpaired) electrons. The van der Waals surface area contributed by atoms with Crippen molar-refractivity contribution in [1.82, 2.24) is 0 Å². The van der Waals surface area contributed by atoms with E-state index in [4.69, 9.17) is 4.74 Å². The van der Waals surface area contributed by atoms with Gasteiger partial charge >= 0.3 is 5.97 Å². The Balaban J connectivity index is 2.43. The fourth-order valence-corrected chi connectivity index (χ4v) is 2.29. The molecular weight excluding hydrogens is 283 g/mol. The van der Waals surface area contributed by atoms with Crippen LogP contribution in [0.5, 0.6) is 0 Å². The minimum Gasteiger partial charge on any atom is -0.480 e. The van der Waals surface area contributed by atoms with Gasteiger partial charge in [-0.25, -0.2) is 9.18 Å². The molecule has 0 unspecified atom stereocenters. The van der Waals surface area contributed by atoms with E-state index in [0.29, 0.717) is 0 Å². The lowest BCUT2D eigenvalue weighted by Gasteiger charge is -2.34. The lowest BCUT2D eigenvalue weighted by Crippen LogP contribution is -2.50. The van der Waals surface area contributed by atoms with E-state index in [9.17, 15) is 24.4 Å². The molecule has 1 fully saturated rings. The van der Waals surface area contributed by atoms with Crippen LogP contribution in [0.15, 0.2) is 12.1 Å². The van der Waals surface area contributed by atoms with Gasteiger partial charge in [0, 0.05) is 26.1 Å². The Morgan fingerprint density at radius 3 is 2.62 bits per heavy atom. The van der Waals surface area contributed by atoms with Gasteiger partial charge in [-0.1, -0.05) is 0 Å². The fraction of sp³-hybridized carbons (Fsp3) is 0.462. The van der Waals surface area contributed by atoms with Gasteiger partial charge in [0.05, 0.1) is 11.0 Å². The molecule has 21 heavy (non-hydrogen) atoms. The number of benzene rings is 1. The van der Waals surface area contributed by atoms with Crippen LogP contribution in [0.1, 0.15) is 18.4 Å². The van der Waals surface area contributed by atoms with Crippen molar-refractivity contribution in [3.8, 4) is 0 Å². The Kier molecular flexibility index (Phi) is 4.08. The van der Waals surface area contributed by atoms with E-state index >= 15 is 0 Å². The van der Waals surface area contributed by atoms with Crippen molar-refractivity contribution in [2.45, 2.75) is 25.3 Å². The Hall–Kier alpha value is -2.22. The molecule has 0 saturated carbocycles. The first-order valence-electron chi connectivity index (χ1n) is 6.39. The van der Waals surface area contributed by atoms with Crippen LogP contribution >= 0.6 is 0 Å². The monoisotopic (exact) mass is 298 g/mol. The third-order valence-corrected chi connectivity index (χ3v) is 3.60. The Bertz CT molecular complexity index is 584. The number of carboxylic acids is 1. The molecule has 1 aliphatic heterocycles. The van der Waals surface area contributed by atoms with Gasteiger partial charge in [0.25, 0.3) is 5.69 Å². The zero-order valence-corrected chi connectivity index (χ0v) is 11.4. The average molecular weight is 298 g/mol. The maximum atomic E-state index is 13.5. The predicted octanol–water partition coefficient (Wildman–Crippen LogP) is 2.09. The first kappa shape index (κ1) is 15.2. The maximum absolute atomic E-state index is 13.5. The highest BCUT2D eigenvalue weighted by Crippen LogP contribution is 2.33. The summed E-state index contributed by atoms with van der Waals surface area (Å²) in [7, 11) is 0. The van der Waals surface area contributed by atoms with E-state index in [1.807, 2.05) is 0 Å². The zero-order chi connectivity index (χ0) is 15.6. The summed E-state index contributed by atoms with van der Waals surface area (Å²) >= 11 is 0. The van der Waals surface area contributed by atoms with Crippen molar-refractivity contribution in [3.63, 3.8) is 0 Å². The summed E-state index contributed by atoms with van der Waals surface area (Å²) in [6.07, 6.45) is 0.353. The summed E-state index contributed by atoms with van der Waals surface area (Å²) in [5.74, 6) is -1.81. The van der Waals surface area contributed by atoms with Gasteiger partial charge in [0.1, 0.15) is 17.0 Å². The third-order valence-electron chi connectivity index (χ3n) is 3.60. The Morgan fingerprint density at radius 1 is 1.48 bits per heavy atom. The molecule has 0 amide bonds. The van der Waals surface area contributed by atoms with Gasteiger partial charge in [-0.15, -0.1) is 0 Å². The van der Waals surface area contributed by atoms with Gasteiger partial charge in [-0.05, 0) is 18.6 Å². The van der Waals surface area contributed by atoms with Crippen LogP contribution < -0.4 is 5.32 Å². The van der Waals surface area contributed by atoms with Gasteiger partial charge < -0.3 is 15.2 Å². The lowest BCUT2D eigenvalue weighted by molar-refractivity contribution is -0.384. The van der Waals surface area contributed by atoms with Crippen LogP contribution in [0, 0.1) is 22.9 Å². The van der Waals surface area contributed by atoms with Crippen LogP contribution in [-0.4, -0.2) is 34.8 Å². The largest absolute Gasteiger partial charge is 0.480 e. The smallest absolute Gasteiger partial charge is 0.329 e. The number of aryl methyl sites for hydroxylation is 1. The molecule has 0 aromatic heterocycles. The number of rotatable bonds is 4. The normalized spacial score (nSPS) is 17.2. The maximum Gasteiger partial charge on any atom is 0.329 e. The number of ether oxygens (including phenoxy) is 1. The van der Waals surface area contributed by atoms with E-state index in [1.54, 1.807) is 0 Å². The standard InChI is InChI=1S/C13H15FN2O5/c1-8-6-10(11(16(19)20)7-9(8)14)15-13(12(17)18)2-4-21-5-3-13/h6-7,15H,2-5H2,1H3,(H,17,18). The molecule has 2 N–H and O–H groups in total. The van der Waals surface area contributed by atoms with Crippen LogP contribution in [-0.2, 0) is 9.53 Å². The zero-order valence-electron chi connectivity index (χ0n) is 11.4. The topological polar surface area (TPSA) is 102 Å². The van der Waals surface area contributed by atoms with E-state index in [-0.39, 0.29) is 37.3 Å². The second kappa shape index (κ2) is 5.65. The molecule has 8 heteroatoms. The van der Waals surface area contributed by atoms with E-state index in [0.717, 1.165) is 6.07 Å². The predicted molar refractivity (Wildman–Crippen MR) is 71.8 cm³/mol. The molecule has 0 atom stereocenters. The molecule has 2 rings (SSSR count). The van der Waals surface area contributed by atoms with E-state index < -0.39 is 27.9 Å². The number of nitro benzene ring substituents is 1. The number of hydrogen-bond acceptors (Lipinski definition) is 5. The first-order chi connectivity index (χ1) is 9.85. The molecule has 1 aromatic rings. The number of nitro groups is 1. The van der Waals surface area contributed by atoms with Gasteiger partial charge in [0.15, 0.2) is 0 Å². The number of halogens is 1. The molecule has 1 saturated heterocycles. The van der Waals surface area contributed by atoms with Crippen molar-refractivity contribution in [2.24, 2.45) is 0 Å². The number of hydrogen-bond donors (Lipinski definition) is 2. The second-order valence-electron chi connectivity index (χ2n) is 5.00. The van der Waals surface area contributed by atoms with Crippen molar-refractivity contribution in [1.29, 1.82) is 0 Å². The number of anilines is 1. The number of nitrogens with zero attached hydrogens (tertiary/aromatic N) is 1. The SMILES string of the molecule is Cc1cc(NC2(C(=O)O)CCOCC2)c([N+](=O)[O-])cc1F. The highest BCUT2D eigenvalue weighted by atomic mass is 19.1. The number of carboxylic acid groups (broad SMARTS) is 1. The van der Waals surface area contributed by atoms with Crippen LogP contribution in [0.3, 0.4) is 0 Å². The van der Waals surface area contributed by atoms with Gasteiger partial charge in [-0.2, -0.15) is 0 Å². The minimum atomic E-state index is -1.34. The molecule has 0 spiro atoms. The molecule has 1 aromatic carbocycles. The molecule has 0 bridgehead atoms. The number of carbonyl (C=O) groups is 1. The quantitative estimate of drug-likeness (QED) is 0.652. The summed E-state index contributed by atoms with van der Waals surface area (Å²) in [5, 5.41) is 23.2. The Labute approximate surface area is 119 Å². The molecule has 1 aliphatic rings. The molecule has 1 heterocycles. The molecule has 0 aliphatic carbocycles. The van der Waals surface area contributed by atoms with Crippen LogP contribution in [0.4, 0.5) is 15.8 Å². The van der Waals surface area contributed by atoms with Crippen molar-refractivity contribution in [3.05, 3.63) is 33.6 Å². The highest BCUT2D eigenvalue weighted by Gasteiger charge is 2.41. The van der Waals surface area contributed by atoms with Gasteiger partial charge in [0.2, 0.25) is 0 Å². The summed E-state index contributed by atoms with van der Waals surface area (Å²) in [6.45, 7) is 1.95. The third kappa shape index (κ3) is 2.94. The van der Waals surface area contributed by atoms with Crippen molar-refractivity contribution < 1.29 is 24.0 Å². The molecular formula is C13H15FN2O5. The van der Waals surface area contributed by atoms with E-state index in [2.05, 4.69) is 5.32 Å². The molecule has 114 valence electrons. The highest BCUT2D eigenvalue weighted by molar-refractivity contribution is 5.84. The summed E-state index contributed by atoms with van der Waals surface area (Å²) in [4.78, 5) is 21.8. The first-order valence-corrected chi connectivity index (χ1v) is 6.39. The summed E-state index contributed by atoms with van der Waals surface area (Å²) in [5.41, 5.74) is -1.61. The Morgan fingerprint density at radius 2 is 2.10 bits per heavy atom. The fourth-order valence-electron chi connectivity index (χ4n) is 2.29. The van der Waals surface area contributed by atoms with E-state index in [1.165, 1.54) is 13.0 Å². The second-order valence-corrected chi connectivity index (χ2v) is 5.00. The van der Waals surface area contributed by atoms with Crippen molar-refractivity contribution in [2.75, 3.05) is 18.5 Å². The van der Waals surface area contributed by atoms with Crippen LogP contribution in [0.25, 0.3) is 0 Å². The average Bonchev–Trinajstić information content (AvgIpc) is 2.43. The number of nitrogens with one attached hydrogen (secondary N) is 1. The van der Waals surface area contributed by atoms with Crippen molar-refractivity contribution >= 4 is 17.3 Å².